The van der Waals surface area contributed by atoms with E-state index in [0.29, 0.717) is 0 Å². The Balaban J connectivity index is 2.74. The summed E-state index contributed by atoms with van der Waals surface area (Å²) in [6.45, 7) is 13.2. The maximum absolute atomic E-state index is 5.88. The molecule has 0 fully saturated rings. The van der Waals surface area contributed by atoms with Gasteiger partial charge in [-0.25, -0.2) is 4.98 Å². The Morgan fingerprint density at radius 2 is 1.55 bits per heavy atom. The van der Waals surface area contributed by atoms with Crippen molar-refractivity contribution >= 4 is 5.82 Å². The van der Waals surface area contributed by atoms with E-state index in [4.69, 9.17) is 5.73 Å². The summed E-state index contributed by atoms with van der Waals surface area (Å²) < 4.78 is 0. The highest BCUT2D eigenvalue weighted by Gasteiger charge is 2.10. The molecule has 0 saturated carbocycles. The van der Waals surface area contributed by atoms with Gasteiger partial charge in [-0.3, -0.25) is 0 Å². The molecule has 1 aromatic rings. The molecule has 0 saturated heterocycles. The van der Waals surface area contributed by atoms with Gasteiger partial charge >= 0.3 is 0 Å². The molecule has 0 aliphatic carbocycles. The predicted octanol–water partition coefficient (Wildman–Crippen LogP) is 4.00. The molecule has 1 atom stereocenters. The van der Waals surface area contributed by atoms with Crippen LogP contribution in [0, 0.1) is 11.8 Å². The third-order valence-electron chi connectivity index (χ3n) is 3.57. The molecular formula is C17H31N3. The number of hydrogen-bond acceptors (Lipinski definition) is 3. The Labute approximate surface area is 124 Å². The molecule has 20 heavy (non-hydrogen) atoms. The van der Waals surface area contributed by atoms with Crippen molar-refractivity contribution in [2.24, 2.45) is 17.6 Å². The first-order valence-corrected chi connectivity index (χ1v) is 7.86. The highest BCUT2D eigenvalue weighted by molar-refractivity contribution is 5.39. The maximum Gasteiger partial charge on any atom is 0.128 e. The van der Waals surface area contributed by atoms with Gasteiger partial charge in [0, 0.05) is 25.3 Å². The third kappa shape index (κ3) is 5.91. The Morgan fingerprint density at radius 1 is 1.00 bits per heavy atom. The fraction of sp³-hybridized carbons (Fsp3) is 0.706. The number of pyridine rings is 1. The predicted molar refractivity (Wildman–Crippen MR) is 88.0 cm³/mol. The number of anilines is 1. The largest absolute Gasteiger partial charge is 0.357 e. The second-order valence-corrected chi connectivity index (χ2v) is 6.59. The summed E-state index contributed by atoms with van der Waals surface area (Å²) in [5.41, 5.74) is 6.98. The lowest BCUT2D eigenvalue weighted by Gasteiger charge is -2.25. The van der Waals surface area contributed by atoms with Crippen LogP contribution in [0.4, 0.5) is 5.82 Å². The molecule has 1 aromatic heterocycles. The Morgan fingerprint density at radius 3 is 1.90 bits per heavy atom. The summed E-state index contributed by atoms with van der Waals surface area (Å²) in [5, 5.41) is 0. The molecule has 0 unspecified atom stereocenters. The molecule has 1 rings (SSSR count). The smallest absolute Gasteiger partial charge is 0.128 e. The molecular weight excluding hydrogens is 246 g/mol. The zero-order chi connectivity index (χ0) is 15.1. The summed E-state index contributed by atoms with van der Waals surface area (Å²) in [6, 6.07) is 4.26. The monoisotopic (exact) mass is 277 g/mol. The second-order valence-electron chi connectivity index (χ2n) is 6.59. The third-order valence-corrected chi connectivity index (χ3v) is 3.57. The quantitative estimate of drug-likeness (QED) is 0.781. The summed E-state index contributed by atoms with van der Waals surface area (Å²) in [4.78, 5) is 7.01. The molecule has 0 bridgehead atoms. The molecule has 0 radical (unpaired) electrons. The summed E-state index contributed by atoms with van der Waals surface area (Å²) in [6.07, 6.45) is 4.32. The van der Waals surface area contributed by atoms with Crippen LogP contribution in [-0.4, -0.2) is 18.1 Å². The minimum atomic E-state index is 0.0522. The van der Waals surface area contributed by atoms with Gasteiger partial charge in [0.15, 0.2) is 0 Å². The molecule has 3 heteroatoms. The molecule has 0 aliphatic heterocycles. The Kier molecular flexibility index (Phi) is 7.00. The zero-order valence-electron chi connectivity index (χ0n) is 13.8. The fourth-order valence-electron chi connectivity index (χ4n) is 2.02. The number of nitrogens with two attached hydrogens (primary N) is 1. The van der Waals surface area contributed by atoms with E-state index in [2.05, 4.69) is 49.7 Å². The number of hydrogen-bond donors (Lipinski definition) is 1. The molecule has 2 N–H and O–H groups in total. The lowest BCUT2D eigenvalue weighted by atomic mass is 10.1. The molecule has 1 heterocycles. The summed E-state index contributed by atoms with van der Waals surface area (Å²) in [7, 11) is 0. The van der Waals surface area contributed by atoms with E-state index in [9.17, 15) is 0 Å². The van der Waals surface area contributed by atoms with Crippen LogP contribution in [0.5, 0.6) is 0 Å². The van der Waals surface area contributed by atoms with Crippen molar-refractivity contribution in [3.05, 3.63) is 23.9 Å². The van der Waals surface area contributed by atoms with Crippen molar-refractivity contribution in [1.29, 1.82) is 0 Å². The Bertz CT molecular complexity index is 356. The van der Waals surface area contributed by atoms with Gasteiger partial charge in [0.1, 0.15) is 5.82 Å². The lowest BCUT2D eigenvalue weighted by Crippen LogP contribution is -2.28. The van der Waals surface area contributed by atoms with Gasteiger partial charge in [0.25, 0.3) is 0 Å². The van der Waals surface area contributed by atoms with Crippen molar-refractivity contribution in [1.82, 2.24) is 4.98 Å². The van der Waals surface area contributed by atoms with Gasteiger partial charge < -0.3 is 10.6 Å². The van der Waals surface area contributed by atoms with Gasteiger partial charge in [-0.1, -0.05) is 33.8 Å². The standard InChI is InChI=1S/C17H31N3/c1-13(2)8-10-20(11-9-14(3)4)17-7-6-16(12-19-17)15(5)18/h6-7,12-15H,8-11,18H2,1-5H3/t15-/m0/s1. The summed E-state index contributed by atoms with van der Waals surface area (Å²) >= 11 is 0. The van der Waals surface area contributed by atoms with Crippen LogP contribution in [0.2, 0.25) is 0 Å². The normalized spacial score (nSPS) is 13.0. The van der Waals surface area contributed by atoms with Gasteiger partial charge in [-0.15, -0.1) is 0 Å². The van der Waals surface area contributed by atoms with Crippen LogP contribution >= 0.6 is 0 Å². The van der Waals surface area contributed by atoms with E-state index < -0.39 is 0 Å². The average Bonchev–Trinajstić information content (AvgIpc) is 2.38. The molecule has 0 aliphatic rings. The van der Waals surface area contributed by atoms with E-state index in [1.54, 1.807) is 0 Å². The van der Waals surface area contributed by atoms with Gasteiger partial charge in [-0.2, -0.15) is 0 Å². The van der Waals surface area contributed by atoms with Crippen molar-refractivity contribution in [3.63, 3.8) is 0 Å². The van der Waals surface area contributed by atoms with Crippen molar-refractivity contribution in [2.45, 2.75) is 53.5 Å². The minimum Gasteiger partial charge on any atom is -0.357 e. The first kappa shape index (κ1) is 17.0. The zero-order valence-corrected chi connectivity index (χ0v) is 13.8. The number of nitrogens with zero attached hydrogens (tertiary/aromatic N) is 2. The topological polar surface area (TPSA) is 42.1 Å². The van der Waals surface area contributed by atoms with Crippen LogP contribution in [0.1, 0.15) is 59.1 Å². The van der Waals surface area contributed by atoms with Gasteiger partial charge in [0.05, 0.1) is 0 Å². The van der Waals surface area contributed by atoms with E-state index in [0.717, 1.165) is 36.3 Å². The SMILES string of the molecule is CC(C)CCN(CCC(C)C)c1ccc([C@H](C)N)cn1. The highest BCUT2D eigenvalue weighted by Crippen LogP contribution is 2.17. The van der Waals surface area contributed by atoms with Crippen LogP contribution in [0.15, 0.2) is 18.3 Å². The van der Waals surface area contributed by atoms with Crippen LogP contribution in [-0.2, 0) is 0 Å². The van der Waals surface area contributed by atoms with E-state index >= 15 is 0 Å². The number of rotatable bonds is 8. The van der Waals surface area contributed by atoms with Gasteiger partial charge in [-0.05, 0) is 43.2 Å². The number of aromatic nitrogens is 1. The molecule has 114 valence electrons. The van der Waals surface area contributed by atoms with Crippen molar-refractivity contribution < 1.29 is 0 Å². The van der Waals surface area contributed by atoms with E-state index in [1.165, 1.54) is 12.8 Å². The summed E-state index contributed by atoms with van der Waals surface area (Å²) in [5.74, 6) is 2.52. The van der Waals surface area contributed by atoms with Gasteiger partial charge in [0.2, 0.25) is 0 Å². The fourth-order valence-corrected chi connectivity index (χ4v) is 2.02. The average molecular weight is 277 g/mol. The highest BCUT2D eigenvalue weighted by atomic mass is 15.2. The van der Waals surface area contributed by atoms with Crippen molar-refractivity contribution in [3.8, 4) is 0 Å². The second kappa shape index (κ2) is 8.25. The molecule has 3 nitrogen and oxygen atoms in total. The van der Waals surface area contributed by atoms with E-state index in [1.807, 2.05) is 13.1 Å². The van der Waals surface area contributed by atoms with Crippen LogP contribution in [0.25, 0.3) is 0 Å². The maximum atomic E-state index is 5.88. The Hall–Kier alpha value is -1.09. The molecule has 0 amide bonds. The van der Waals surface area contributed by atoms with Crippen LogP contribution in [0.3, 0.4) is 0 Å². The van der Waals surface area contributed by atoms with E-state index in [-0.39, 0.29) is 6.04 Å². The molecule has 0 aromatic carbocycles. The van der Waals surface area contributed by atoms with Crippen LogP contribution < -0.4 is 10.6 Å². The minimum absolute atomic E-state index is 0.0522. The lowest BCUT2D eigenvalue weighted by molar-refractivity contribution is 0.533. The van der Waals surface area contributed by atoms with Crippen molar-refractivity contribution in [2.75, 3.05) is 18.0 Å². The molecule has 0 spiro atoms. The first-order valence-electron chi connectivity index (χ1n) is 7.86. The first-order chi connectivity index (χ1) is 9.40.